The number of carbonyl (C=O) groups excluding carboxylic acids is 1. The van der Waals surface area contributed by atoms with E-state index in [4.69, 9.17) is 14.2 Å². The summed E-state index contributed by atoms with van der Waals surface area (Å²) in [5.41, 5.74) is 0.254. The minimum Gasteiger partial charge on any atom is -0.497 e. The minimum atomic E-state index is -1.12. The van der Waals surface area contributed by atoms with Crippen LogP contribution in [0.3, 0.4) is 0 Å². The zero-order valence-corrected chi connectivity index (χ0v) is 16.1. The summed E-state index contributed by atoms with van der Waals surface area (Å²) in [6, 6.07) is 10.2. The van der Waals surface area contributed by atoms with Crippen LogP contribution in [0.25, 0.3) is 0 Å². The molecule has 0 radical (unpaired) electrons. The van der Waals surface area contributed by atoms with E-state index in [0.717, 1.165) is 10.6 Å². The number of carboxylic acids is 1. The number of amides is 1. The maximum absolute atomic E-state index is 12.3. The summed E-state index contributed by atoms with van der Waals surface area (Å²) >= 11 is 1.54. The molecule has 0 unspecified atom stereocenters. The van der Waals surface area contributed by atoms with Crippen molar-refractivity contribution in [3.05, 3.63) is 42.0 Å². The average Bonchev–Trinajstić information content (AvgIpc) is 2.67. The number of rotatable bonds is 9. The van der Waals surface area contributed by atoms with Crippen LogP contribution in [0.15, 0.2) is 41.3 Å². The van der Waals surface area contributed by atoms with Crippen LogP contribution in [0.2, 0.25) is 0 Å². The van der Waals surface area contributed by atoms with Gasteiger partial charge in [-0.2, -0.15) is 0 Å². The van der Waals surface area contributed by atoms with Crippen molar-refractivity contribution in [3.63, 3.8) is 0 Å². The van der Waals surface area contributed by atoms with Crippen molar-refractivity contribution in [3.8, 4) is 17.2 Å². The van der Waals surface area contributed by atoms with Crippen LogP contribution in [0.1, 0.15) is 16.8 Å². The molecule has 144 valence electrons. The highest BCUT2D eigenvalue weighted by molar-refractivity contribution is 7.99. The summed E-state index contributed by atoms with van der Waals surface area (Å²) < 4.78 is 15.5. The Balaban J connectivity index is 2.01. The van der Waals surface area contributed by atoms with Gasteiger partial charge in [-0.3, -0.25) is 4.79 Å². The summed E-state index contributed by atoms with van der Waals surface area (Å²) in [6.45, 7) is 0. The molecule has 2 N–H and O–H groups in total. The van der Waals surface area contributed by atoms with E-state index in [2.05, 4.69) is 5.32 Å². The summed E-state index contributed by atoms with van der Waals surface area (Å²) in [5.74, 6) is 0.479. The van der Waals surface area contributed by atoms with Gasteiger partial charge in [-0.25, -0.2) is 4.79 Å². The number of ether oxygens (including phenoxy) is 3. The molecule has 0 aliphatic heterocycles. The number of benzene rings is 2. The Morgan fingerprint density at radius 2 is 1.74 bits per heavy atom. The van der Waals surface area contributed by atoms with E-state index in [-0.39, 0.29) is 35.1 Å². The van der Waals surface area contributed by atoms with Crippen LogP contribution in [-0.2, 0) is 4.79 Å². The van der Waals surface area contributed by atoms with Gasteiger partial charge in [0, 0.05) is 17.1 Å². The molecular weight excluding hydrogens is 370 g/mol. The summed E-state index contributed by atoms with van der Waals surface area (Å²) in [4.78, 5) is 24.5. The number of carboxylic acid groups (broad SMARTS) is 1. The second kappa shape index (κ2) is 9.72. The van der Waals surface area contributed by atoms with Gasteiger partial charge < -0.3 is 24.6 Å². The largest absolute Gasteiger partial charge is 0.497 e. The number of methoxy groups -OCH3 is 3. The van der Waals surface area contributed by atoms with E-state index in [1.807, 2.05) is 24.3 Å². The first-order valence-electron chi connectivity index (χ1n) is 8.04. The van der Waals surface area contributed by atoms with Gasteiger partial charge in [-0.1, -0.05) is 0 Å². The molecule has 0 saturated carbocycles. The first kappa shape index (κ1) is 20.4. The third-order valence-electron chi connectivity index (χ3n) is 3.66. The molecule has 2 rings (SSSR count). The molecule has 0 saturated heterocycles. The zero-order valence-electron chi connectivity index (χ0n) is 15.3. The number of hydrogen-bond acceptors (Lipinski definition) is 6. The SMILES string of the molecule is COc1ccc(SCCC(=O)Nc2cc(C(=O)O)cc(OC)c2OC)cc1. The lowest BCUT2D eigenvalue weighted by molar-refractivity contribution is -0.115. The molecule has 0 heterocycles. The van der Waals surface area contributed by atoms with E-state index in [1.54, 1.807) is 7.11 Å². The van der Waals surface area contributed by atoms with Crippen molar-refractivity contribution in [2.24, 2.45) is 0 Å². The molecule has 0 aliphatic carbocycles. The van der Waals surface area contributed by atoms with Crippen LogP contribution in [0.4, 0.5) is 5.69 Å². The normalized spacial score (nSPS) is 10.2. The third kappa shape index (κ3) is 5.55. The molecule has 0 fully saturated rings. The number of carbonyl (C=O) groups is 2. The van der Waals surface area contributed by atoms with Crippen molar-refractivity contribution in [2.45, 2.75) is 11.3 Å². The Hall–Kier alpha value is -2.87. The Kier molecular flexibility index (Phi) is 7.36. The maximum Gasteiger partial charge on any atom is 0.335 e. The predicted octanol–water partition coefficient (Wildman–Crippen LogP) is 3.53. The Morgan fingerprint density at radius 3 is 2.30 bits per heavy atom. The van der Waals surface area contributed by atoms with E-state index in [0.29, 0.717) is 5.75 Å². The van der Waals surface area contributed by atoms with Gasteiger partial charge in [0.15, 0.2) is 11.5 Å². The van der Waals surface area contributed by atoms with Gasteiger partial charge in [-0.15, -0.1) is 11.8 Å². The monoisotopic (exact) mass is 391 g/mol. The van der Waals surface area contributed by atoms with Crippen LogP contribution < -0.4 is 19.5 Å². The second-order valence-corrected chi connectivity index (χ2v) is 6.55. The fourth-order valence-electron chi connectivity index (χ4n) is 2.33. The number of hydrogen-bond donors (Lipinski definition) is 2. The standard InChI is InChI=1S/C19H21NO6S/c1-24-13-4-6-14(7-5-13)27-9-8-17(21)20-15-10-12(19(22)23)11-16(25-2)18(15)26-3/h4-7,10-11H,8-9H2,1-3H3,(H,20,21)(H,22,23). The highest BCUT2D eigenvalue weighted by Gasteiger charge is 2.17. The highest BCUT2D eigenvalue weighted by Crippen LogP contribution is 2.36. The van der Waals surface area contributed by atoms with Gasteiger partial charge in [-0.05, 0) is 36.4 Å². The van der Waals surface area contributed by atoms with Gasteiger partial charge in [0.05, 0.1) is 32.6 Å². The number of thioether (sulfide) groups is 1. The first-order valence-corrected chi connectivity index (χ1v) is 9.03. The molecule has 7 nitrogen and oxygen atoms in total. The maximum atomic E-state index is 12.3. The fourth-order valence-corrected chi connectivity index (χ4v) is 3.18. The summed E-state index contributed by atoms with van der Waals surface area (Å²) in [7, 11) is 4.43. The van der Waals surface area contributed by atoms with E-state index < -0.39 is 5.97 Å². The molecule has 0 atom stereocenters. The molecule has 0 aromatic heterocycles. The van der Waals surface area contributed by atoms with Crippen molar-refractivity contribution < 1.29 is 28.9 Å². The number of aromatic carboxylic acids is 1. The molecular formula is C19H21NO6S. The van der Waals surface area contributed by atoms with Crippen molar-refractivity contribution in [2.75, 3.05) is 32.4 Å². The van der Waals surface area contributed by atoms with Gasteiger partial charge in [0.1, 0.15) is 5.75 Å². The Morgan fingerprint density at radius 1 is 1.04 bits per heavy atom. The molecule has 8 heteroatoms. The molecule has 0 spiro atoms. The van der Waals surface area contributed by atoms with Crippen molar-refractivity contribution in [1.29, 1.82) is 0 Å². The quantitative estimate of drug-likeness (QED) is 0.632. The summed E-state index contributed by atoms with van der Waals surface area (Å²) in [6.07, 6.45) is 0.249. The molecule has 1 amide bonds. The molecule has 0 aliphatic rings. The number of anilines is 1. The highest BCUT2D eigenvalue weighted by atomic mass is 32.2. The van der Waals surface area contributed by atoms with E-state index in [1.165, 1.54) is 38.1 Å². The van der Waals surface area contributed by atoms with Crippen LogP contribution in [-0.4, -0.2) is 44.1 Å². The minimum absolute atomic E-state index is 0.00411. The van der Waals surface area contributed by atoms with Gasteiger partial charge in [0.25, 0.3) is 0 Å². The smallest absolute Gasteiger partial charge is 0.335 e. The predicted molar refractivity (Wildman–Crippen MR) is 103 cm³/mol. The first-order chi connectivity index (χ1) is 13.0. The molecule has 0 bridgehead atoms. The third-order valence-corrected chi connectivity index (χ3v) is 4.67. The fraction of sp³-hybridized carbons (Fsp3) is 0.263. The van der Waals surface area contributed by atoms with Crippen LogP contribution in [0.5, 0.6) is 17.2 Å². The average molecular weight is 391 g/mol. The lowest BCUT2D eigenvalue weighted by Crippen LogP contribution is -2.14. The Labute approximate surface area is 161 Å². The summed E-state index contributed by atoms with van der Waals surface area (Å²) in [5, 5.41) is 11.9. The lowest BCUT2D eigenvalue weighted by atomic mass is 10.1. The van der Waals surface area contributed by atoms with Crippen molar-refractivity contribution >= 4 is 29.3 Å². The second-order valence-electron chi connectivity index (χ2n) is 5.39. The zero-order chi connectivity index (χ0) is 19.8. The van der Waals surface area contributed by atoms with E-state index in [9.17, 15) is 14.7 Å². The van der Waals surface area contributed by atoms with Gasteiger partial charge in [0.2, 0.25) is 5.91 Å². The number of nitrogens with one attached hydrogen (secondary N) is 1. The lowest BCUT2D eigenvalue weighted by Gasteiger charge is -2.14. The topological polar surface area (TPSA) is 94.1 Å². The van der Waals surface area contributed by atoms with E-state index >= 15 is 0 Å². The molecule has 2 aromatic rings. The molecule has 27 heavy (non-hydrogen) atoms. The van der Waals surface area contributed by atoms with Crippen LogP contribution in [0, 0.1) is 0 Å². The van der Waals surface area contributed by atoms with Gasteiger partial charge >= 0.3 is 5.97 Å². The molecule has 2 aromatic carbocycles. The van der Waals surface area contributed by atoms with Crippen LogP contribution >= 0.6 is 11.8 Å². The Bertz CT molecular complexity index is 807. The van der Waals surface area contributed by atoms with Crippen molar-refractivity contribution in [1.82, 2.24) is 0 Å².